The zero-order chi connectivity index (χ0) is 12.8. The SMILES string of the molecule is CC(C)C=C1C=CC=CC1NNc1ccccc1. The van der Waals surface area contributed by atoms with Crippen LogP contribution in [0.15, 0.2) is 66.3 Å². The maximum absolute atomic E-state index is 3.34. The quantitative estimate of drug-likeness (QED) is 0.784. The molecule has 0 saturated carbocycles. The van der Waals surface area contributed by atoms with Gasteiger partial charge in [-0.15, -0.1) is 0 Å². The molecule has 0 saturated heterocycles. The third kappa shape index (κ3) is 3.60. The van der Waals surface area contributed by atoms with Crippen molar-refractivity contribution in [1.29, 1.82) is 0 Å². The number of hydrogen-bond donors (Lipinski definition) is 2. The van der Waals surface area contributed by atoms with E-state index in [1.165, 1.54) is 5.57 Å². The maximum Gasteiger partial charge on any atom is 0.0690 e. The van der Waals surface area contributed by atoms with E-state index in [9.17, 15) is 0 Å². The lowest BCUT2D eigenvalue weighted by atomic mass is 9.99. The Morgan fingerprint density at radius 1 is 1.11 bits per heavy atom. The van der Waals surface area contributed by atoms with Gasteiger partial charge >= 0.3 is 0 Å². The summed E-state index contributed by atoms with van der Waals surface area (Å²) in [5, 5.41) is 0. The lowest BCUT2D eigenvalue weighted by Crippen LogP contribution is -2.34. The van der Waals surface area contributed by atoms with Gasteiger partial charge in [-0.3, -0.25) is 0 Å². The fraction of sp³-hybridized carbons (Fsp3) is 0.250. The molecule has 2 rings (SSSR count). The Hall–Kier alpha value is -1.80. The molecule has 1 aliphatic carbocycles. The summed E-state index contributed by atoms with van der Waals surface area (Å²) in [6.07, 6.45) is 10.7. The van der Waals surface area contributed by atoms with E-state index in [4.69, 9.17) is 0 Å². The minimum Gasteiger partial charge on any atom is -0.321 e. The Morgan fingerprint density at radius 2 is 1.89 bits per heavy atom. The van der Waals surface area contributed by atoms with Gasteiger partial charge in [-0.05, 0) is 23.6 Å². The highest BCUT2D eigenvalue weighted by atomic mass is 15.4. The van der Waals surface area contributed by atoms with Gasteiger partial charge < -0.3 is 5.43 Å². The molecule has 0 spiro atoms. The van der Waals surface area contributed by atoms with Crippen LogP contribution < -0.4 is 10.9 Å². The van der Waals surface area contributed by atoms with Gasteiger partial charge in [0.1, 0.15) is 0 Å². The van der Waals surface area contributed by atoms with E-state index in [2.05, 4.69) is 55.1 Å². The highest BCUT2D eigenvalue weighted by Crippen LogP contribution is 2.15. The fourth-order valence-corrected chi connectivity index (χ4v) is 1.91. The Balaban J connectivity index is 1.99. The van der Waals surface area contributed by atoms with Crippen molar-refractivity contribution in [1.82, 2.24) is 5.43 Å². The number of allylic oxidation sites excluding steroid dienone is 3. The molecule has 0 aliphatic heterocycles. The zero-order valence-electron chi connectivity index (χ0n) is 10.9. The molecule has 1 aliphatic rings. The summed E-state index contributed by atoms with van der Waals surface area (Å²) < 4.78 is 0. The number of nitrogens with one attached hydrogen (secondary N) is 2. The molecule has 0 heterocycles. The van der Waals surface area contributed by atoms with E-state index >= 15 is 0 Å². The van der Waals surface area contributed by atoms with Crippen LogP contribution in [-0.2, 0) is 0 Å². The zero-order valence-corrected chi connectivity index (χ0v) is 10.9. The maximum atomic E-state index is 3.34. The molecule has 1 aromatic carbocycles. The van der Waals surface area contributed by atoms with Gasteiger partial charge in [0.05, 0.1) is 6.04 Å². The number of para-hydroxylation sites is 1. The highest BCUT2D eigenvalue weighted by molar-refractivity contribution is 5.43. The number of hydrazine groups is 1. The molecule has 18 heavy (non-hydrogen) atoms. The van der Waals surface area contributed by atoms with Crippen molar-refractivity contribution in [3.05, 3.63) is 66.3 Å². The molecular weight excluding hydrogens is 220 g/mol. The fourth-order valence-electron chi connectivity index (χ4n) is 1.91. The van der Waals surface area contributed by atoms with Gasteiger partial charge in [-0.1, -0.05) is 62.4 Å². The first-order valence-corrected chi connectivity index (χ1v) is 6.39. The number of anilines is 1. The molecule has 2 heteroatoms. The average Bonchev–Trinajstić information content (AvgIpc) is 2.38. The normalized spacial score (nSPS) is 20.6. The van der Waals surface area contributed by atoms with Gasteiger partial charge in [0.15, 0.2) is 0 Å². The third-order valence-electron chi connectivity index (χ3n) is 2.73. The molecule has 2 nitrogen and oxygen atoms in total. The molecule has 0 aromatic heterocycles. The minimum atomic E-state index is 0.220. The van der Waals surface area contributed by atoms with E-state index in [0.717, 1.165) is 5.69 Å². The summed E-state index contributed by atoms with van der Waals surface area (Å²) in [7, 11) is 0. The Kier molecular flexibility index (Phi) is 4.37. The van der Waals surface area contributed by atoms with Gasteiger partial charge in [0.2, 0.25) is 0 Å². The molecule has 1 unspecified atom stereocenters. The van der Waals surface area contributed by atoms with Crippen molar-refractivity contribution in [2.24, 2.45) is 5.92 Å². The summed E-state index contributed by atoms with van der Waals surface area (Å²) in [6.45, 7) is 4.39. The van der Waals surface area contributed by atoms with Gasteiger partial charge in [0.25, 0.3) is 0 Å². The summed E-state index contributed by atoms with van der Waals surface area (Å²) in [5.41, 5.74) is 8.95. The monoisotopic (exact) mass is 240 g/mol. The molecule has 94 valence electrons. The van der Waals surface area contributed by atoms with E-state index in [0.29, 0.717) is 5.92 Å². The lowest BCUT2D eigenvalue weighted by Gasteiger charge is -2.20. The average molecular weight is 240 g/mol. The first kappa shape index (κ1) is 12.7. The van der Waals surface area contributed by atoms with E-state index in [1.54, 1.807) is 0 Å². The second kappa shape index (κ2) is 6.22. The number of benzene rings is 1. The molecule has 2 N–H and O–H groups in total. The van der Waals surface area contributed by atoms with E-state index in [-0.39, 0.29) is 6.04 Å². The summed E-state index contributed by atoms with van der Waals surface area (Å²) in [6, 6.07) is 10.4. The minimum absolute atomic E-state index is 0.220. The van der Waals surface area contributed by atoms with Crippen LogP contribution in [0.2, 0.25) is 0 Å². The second-order valence-electron chi connectivity index (χ2n) is 4.77. The topological polar surface area (TPSA) is 24.1 Å². The van der Waals surface area contributed by atoms with Crippen molar-refractivity contribution in [3.8, 4) is 0 Å². The molecule has 0 bridgehead atoms. The highest BCUT2D eigenvalue weighted by Gasteiger charge is 2.10. The molecule has 1 aromatic rings. The van der Waals surface area contributed by atoms with Crippen LogP contribution in [0, 0.1) is 5.92 Å². The van der Waals surface area contributed by atoms with Crippen LogP contribution in [0.25, 0.3) is 0 Å². The Labute approximate surface area is 109 Å². The van der Waals surface area contributed by atoms with Crippen molar-refractivity contribution in [3.63, 3.8) is 0 Å². The Bertz CT molecular complexity index is 455. The van der Waals surface area contributed by atoms with Gasteiger partial charge in [-0.25, -0.2) is 5.43 Å². The number of rotatable bonds is 4. The van der Waals surface area contributed by atoms with Crippen molar-refractivity contribution < 1.29 is 0 Å². The standard InChI is InChI=1S/C16H20N2/c1-13(2)12-14-8-6-7-11-16(14)18-17-15-9-4-3-5-10-15/h3-13,16-18H,1-2H3. The van der Waals surface area contributed by atoms with Gasteiger partial charge in [-0.2, -0.15) is 0 Å². The molecule has 1 atom stereocenters. The second-order valence-corrected chi connectivity index (χ2v) is 4.77. The summed E-state index contributed by atoms with van der Waals surface area (Å²) >= 11 is 0. The van der Waals surface area contributed by atoms with E-state index in [1.807, 2.05) is 30.3 Å². The molecule has 0 amide bonds. The van der Waals surface area contributed by atoms with Crippen LogP contribution >= 0.6 is 0 Å². The Morgan fingerprint density at radius 3 is 2.61 bits per heavy atom. The first-order chi connectivity index (χ1) is 8.75. The summed E-state index contributed by atoms with van der Waals surface area (Å²) in [5.74, 6) is 0.553. The third-order valence-corrected chi connectivity index (χ3v) is 2.73. The van der Waals surface area contributed by atoms with Crippen LogP contribution in [-0.4, -0.2) is 6.04 Å². The predicted molar refractivity (Wildman–Crippen MR) is 78.2 cm³/mol. The summed E-state index contributed by atoms with van der Waals surface area (Å²) in [4.78, 5) is 0. The lowest BCUT2D eigenvalue weighted by molar-refractivity contribution is 0.728. The molecule has 0 fully saturated rings. The molecular formula is C16H20N2. The van der Waals surface area contributed by atoms with Gasteiger partial charge in [0, 0.05) is 5.69 Å². The van der Waals surface area contributed by atoms with Crippen LogP contribution in [0.5, 0.6) is 0 Å². The van der Waals surface area contributed by atoms with Crippen molar-refractivity contribution >= 4 is 5.69 Å². The van der Waals surface area contributed by atoms with Crippen LogP contribution in [0.1, 0.15) is 13.8 Å². The predicted octanol–water partition coefficient (Wildman–Crippen LogP) is 3.68. The van der Waals surface area contributed by atoms with Crippen molar-refractivity contribution in [2.75, 3.05) is 5.43 Å². The van der Waals surface area contributed by atoms with Crippen LogP contribution in [0.3, 0.4) is 0 Å². The first-order valence-electron chi connectivity index (χ1n) is 6.39. The van der Waals surface area contributed by atoms with E-state index < -0.39 is 0 Å². The van der Waals surface area contributed by atoms with Crippen LogP contribution in [0.4, 0.5) is 5.69 Å². The largest absolute Gasteiger partial charge is 0.321 e. The number of hydrogen-bond acceptors (Lipinski definition) is 2. The van der Waals surface area contributed by atoms with Crippen molar-refractivity contribution in [2.45, 2.75) is 19.9 Å². The molecule has 0 radical (unpaired) electrons. The smallest absolute Gasteiger partial charge is 0.0690 e.